The first kappa shape index (κ1) is 104. The van der Waals surface area contributed by atoms with Crippen LogP contribution in [0.15, 0.2) is 30.3 Å². The van der Waals surface area contributed by atoms with Crippen LogP contribution in [-0.4, -0.2) is 270 Å². The molecule has 8 N–H and O–H groups in total. The van der Waals surface area contributed by atoms with Crippen LogP contribution >= 0.6 is 0 Å². The average Bonchev–Trinajstić information content (AvgIpc) is 0.796. The quantitative estimate of drug-likeness (QED) is 0.0253. The Hall–Kier alpha value is -10.6. The van der Waals surface area contributed by atoms with E-state index in [2.05, 4.69) is 42.5 Å². The summed E-state index contributed by atoms with van der Waals surface area (Å²) in [6.07, 6.45) is -13.6. The van der Waals surface area contributed by atoms with Crippen LogP contribution < -0.4 is 42.5 Å². The summed E-state index contributed by atoms with van der Waals surface area (Å²) in [4.78, 5) is 229. The van der Waals surface area contributed by atoms with E-state index in [1.54, 1.807) is 24.3 Å². The van der Waals surface area contributed by atoms with Crippen LogP contribution in [-0.2, 0) is 169 Å². The first-order valence-electron chi connectivity index (χ1n) is 40.6. The van der Waals surface area contributed by atoms with Crippen molar-refractivity contribution < 1.29 is 162 Å². The van der Waals surface area contributed by atoms with Crippen molar-refractivity contribution in [2.24, 2.45) is 0 Å². The van der Waals surface area contributed by atoms with E-state index >= 15 is 0 Å². The van der Waals surface area contributed by atoms with Crippen molar-refractivity contribution in [1.29, 1.82) is 0 Å². The Morgan fingerprint density at radius 2 is 0.656 bits per heavy atom. The van der Waals surface area contributed by atoms with E-state index in [4.69, 9.17) is 75.8 Å². The minimum absolute atomic E-state index is 0.00377. The molecule has 42 heteroatoms. The molecule has 3 fully saturated rings. The third-order valence-corrected chi connectivity index (χ3v) is 18.3. The Bertz CT molecular complexity index is 3630. The SMILES string of the molecule is CC(=O)NC1[C@H](OCCCCC(=O)NCCCCC(NC(=O)CCCCO[C@@H]2OC(COC(C)=O)[C@H](OC(C)=O)[C@H](OC(C)=O)C2NC(C)=O)C(=O)NC(CCCCNC(=O)CCCCO[C@@H]2OC(COC(C)=O)[C@H](OC(C)=O)[C@H](OC(C)=O)C2NC(C)=O)C(=O)NCCCC(=O)OCc2ccccc2)OC(COC(C)=O)[C@H](OC(C)=O)[C@@H]1OC(C)=O. The van der Waals surface area contributed by atoms with E-state index in [-0.39, 0.29) is 161 Å². The number of nitrogens with one attached hydrogen (secondary N) is 8. The maximum Gasteiger partial charge on any atom is 0.306 e. The topological polar surface area (TPSA) is 551 Å². The number of ether oxygens (including phenoxy) is 16. The summed E-state index contributed by atoms with van der Waals surface area (Å²) in [5, 5.41) is 21.8. The summed E-state index contributed by atoms with van der Waals surface area (Å²) in [5.74, 6) is -11.9. The second kappa shape index (κ2) is 56.2. The average molecular weight is 1740 g/mol. The molecule has 0 bridgehead atoms. The summed E-state index contributed by atoms with van der Waals surface area (Å²) in [7, 11) is 0. The third kappa shape index (κ3) is 41.3. The van der Waals surface area contributed by atoms with Crippen LogP contribution in [0.2, 0.25) is 0 Å². The number of benzene rings is 1. The minimum Gasteiger partial charge on any atom is -0.463 e. The van der Waals surface area contributed by atoms with E-state index in [0.717, 1.165) is 67.9 Å². The van der Waals surface area contributed by atoms with Crippen molar-refractivity contribution >= 4 is 107 Å². The monoisotopic (exact) mass is 1740 g/mol. The molecular weight excluding hydrogens is 1620 g/mol. The van der Waals surface area contributed by atoms with Crippen LogP contribution in [0.4, 0.5) is 0 Å². The van der Waals surface area contributed by atoms with Gasteiger partial charge in [-0.15, -0.1) is 0 Å². The molecule has 3 heterocycles. The molecule has 8 unspecified atom stereocenters. The Balaban J connectivity index is 1.48. The Morgan fingerprint density at radius 1 is 0.328 bits per heavy atom. The smallest absolute Gasteiger partial charge is 0.306 e. The number of esters is 10. The van der Waals surface area contributed by atoms with E-state index in [9.17, 15) is 86.3 Å². The predicted molar refractivity (Wildman–Crippen MR) is 417 cm³/mol. The predicted octanol–water partition coefficient (Wildman–Crippen LogP) is 0.698. The largest absolute Gasteiger partial charge is 0.463 e. The standard InChI is InChI=1S/C80H120N8O34/c1-45(89)84-67-73(117-54(10)98)70(114-51(7)95)60(42-110-48(4)92)120-78(67)107-38-23-18-31-63(101)81-35-21-16-29-58(76(105)83-37-26-34-66(104)113-41-57-27-14-13-15-28-57)88-77(106)59(87-65(103)33-20-25-40-109-80-69(86-47(3)91)75(119-56(12)100)72(116-53(9)97)62(122-80)44-112-50(6)94)30-17-22-36-82-64(102)32-19-24-39-108-79-68(85-46(2)90)74(118-55(11)99)71(115-52(8)96)61(121-79)43-111-49(5)93/h13-15,27-28,58-62,67-75,78-80H,16-26,29-44H2,1-12H3,(H,81,101)(H,82,102)(H,83,105)(H,84,89)(H,85,90)(H,86,91)(H,87,103)(H,88,106)/t58?,59?,60?,61?,62?,67?,68?,69?,70-,71-,72-,73+,74+,75+,78+,79+,80+/m0/s1. The van der Waals surface area contributed by atoms with Crippen molar-refractivity contribution in [2.75, 3.05) is 59.3 Å². The van der Waals surface area contributed by atoms with Crippen LogP contribution in [0.3, 0.4) is 0 Å². The lowest BCUT2D eigenvalue weighted by Gasteiger charge is -2.44. The summed E-state index contributed by atoms with van der Waals surface area (Å²) >= 11 is 0. The minimum atomic E-state index is -1.40. The fourth-order valence-corrected chi connectivity index (χ4v) is 13.1. The molecule has 0 aromatic heterocycles. The zero-order valence-corrected chi connectivity index (χ0v) is 71.2. The molecule has 122 heavy (non-hydrogen) atoms. The van der Waals surface area contributed by atoms with E-state index in [1.165, 1.54) is 20.8 Å². The van der Waals surface area contributed by atoms with E-state index in [1.807, 2.05) is 6.07 Å². The van der Waals surface area contributed by atoms with Gasteiger partial charge < -0.3 is 118 Å². The molecule has 0 spiro atoms. The highest BCUT2D eigenvalue weighted by Gasteiger charge is 2.54. The number of unbranched alkanes of at least 4 members (excludes halogenated alkanes) is 5. The Kier molecular flexibility index (Phi) is 47.8. The molecule has 3 saturated heterocycles. The lowest BCUT2D eigenvalue weighted by molar-refractivity contribution is -0.277. The molecular formula is C80H120N8O34. The molecule has 3 aliphatic rings. The number of carbonyl (C=O) groups excluding carboxylic acids is 18. The molecule has 0 saturated carbocycles. The number of amides is 8. The zero-order valence-electron chi connectivity index (χ0n) is 71.2. The van der Waals surface area contributed by atoms with Crippen molar-refractivity contribution in [3.63, 3.8) is 0 Å². The Labute approximate surface area is 707 Å². The first-order chi connectivity index (χ1) is 57.9. The van der Waals surface area contributed by atoms with Crippen molar-refractivity contribution in [2.45, 2.75) is 303 Å². The van der Waals surface area contributed by atoms with Crippen LogP contribution in [0.25, 0.3) is 0 Å². The second-order valence-corrected chi connectivity index (χ2v) is 29.1. The van der Waals surface area contributed by atoms with E-state index < -0.39 is 219 Å². The molecule has 0 radical (unpaired) electrons. The van der Waals surface area contributed by atoms with Gasteiger partial charge in [0.2, 0.25) is 47.3 Å². The molecule has 3 aliphatic heterocycles. The Morgan fingerprint density at radius 3 is 0.992 bits per heavy atom. The molecule has 684 valence electrons. The van der Waals surface area contributed by atoms with Crippen LogP contribution in [0.1, 0.15) is 198 Å². The normalized spacial score (nSPS) is 22.6. The lowest BCUT2D eigenvalue weighted by Crippen LogP contribution is -2.66. The van der Waals surface area contributed by atoms with E-state index in [0.29, 0.717) is 6.42 Å². The fourth-order valence-electron chi connectivity index (χ4n) is 13.1. The summed E-state index contributed by atoms with van der Waals surface area (Å²) in [6, 6.07) is 2.77. The molecule has 17 atom stereocenters. The van der Waals surface area contributed by atoms with Crippen molar-refractivity contribution in [3.05, 3.63) is 35.9 Å². The highest BCUT2D eigenvalue weighted by molar-refractivity contribution is 5.92. The molecule has 1 aromatic carbocycles. The van der Waals surface area contributed by atoms with Gasteiger partial charge in [0, 0.05) is 148 Å². The highest BCUT2D eigenvalue weighted by Crippen LogP contribution is 2.32. The van der Waals surface area contributed by atoms with Crippen molar-refractivity contribution in [3.8, 4) is 0 Å². The number of hydrogen-bond donors (Lipinski definition) is 8. The van der Waals surface area contributed by atoms with Crippen LogP contribution in [0.5, 0.6) is 0 Å². The van der Waals surface area contributed by atoms with Crippen LogP contribution in [0, 0.1) is 0 Å². The van der Waals surface area contributed by atoms with Gasteiger partial charge in [-0.3, -0.25) is 86.3 Å². The number of rotatable bonds is 53. The van der Waals surface area contributed by atoms with Gasteiger partial charge in [0.25, 0.3) is 0 Å². The molecule has 1 aromatic rings. The molecule has 8 amide bonds. The second-order valence-electron chi connectivity index (χ2n) is 29.1. The van der Waals surface area contributed by atoms with Gasteiger partial charge in [0.15, 0.2) is 55.5 Å². The van der Waals surface area contributed by atoms with Gasteiger partial charge in [-0.25, -0.2) is 0 Å². The maximum atomic E-state index is 14.7. The third-order valence-electron chi connectivity index (χ3n) is 18.3. The summed E-state index contributed by atoms with van der Waals surface area (Å²) < 4.78 is 90.1. The number of hydrogen-bond acceptors (Lipinski definition) is 34. The van der Waals surface area contributed by atoms with Gasteiger partial charge in [-0.1, -0.05) is 30.3 Å². The van der Waals surface area contributed by atoms with Gasteiger partial charge in [-0.2, -0.15) is 0 Å². The van der Waals surface area contributed by atoms with Gasteiger partial charge in [0.05, 0.1) is 0 Å². The first-order valence-corrected chi connectivity index (χ1v) is 40.6. The summed E-state index contributed by atoms with van der Waals surface area (Å²) in [5.41, 5.74) is 0.765. The van der Waals surface area contributed by atoms with Gasteiger partial charge in [-0.05, 0) is 89.0 Å². The summed E-state index contributed by atoms with van der Waals surface area (Å²) in [6.45, 7) is 12.2. The molecule has 4 rings (SSSR count). The van der Waals surface area contributed by atoms with Gasteiger partial charge in [0.1, 0.15) is 74.9 Å². The zero-order chi connectivity index (χ0) is 90.4. The molecule has 0 aliphatic carbocycles. The maximum absolute atomic E-state index is 14.7. The number of carbonyl (C=O) groups is 18. The van der Waals surface area contributed by atoms with Gasteiger partial charge >= 0.3 is 59.7 Å². The lowest BCUT2D eigenvalue weighted by atomic mass is 9.96. The fraction of sp³-hybridized carbons (Fsp3) is 0.700. The highest BCUT2D eigenvalue weighted by atomic mass is 16.7. The molecule has 42 nitrogen and oxygen atoms in total. The van der Waals surface area contributed by atoms with Crippen molar-refractivity contribution in [1.82, 2.24) is 42.5 Å².